The topological polar surface area (TPSA) is 47.0 Å². The van der Waals surface area contributed by atoms with Crippen LogP contribution in [-0.2, 0) is 24.5 Å². The van der Waals surface area contributed by atoms with Gasteiger partial charge < -0.3 is 10.1 Å². The second-order valence-corrected chi connectivity index (χ2v) is 3.17. The van der Waals surface area contributed by atoms with Crippen molar-refractivity contribution < 1.29 is 4.74 Å². The second-order valence-electron chi connectivity index (χ2n) is 3.17. The fraction of sp³-hybridized carbons (Fsp3) is 0.556. The molecule has 0 bridgehead atoms. The Morgan fingerprint density at radius 1 is 1.38 bits per heavy atom. The van der Waals surface area contributed by atoms with Crippen LogP contribution in [0.15, 0.2) is 0 Å². The highest BCUT2D eigenvalue weighted by molar-refractivity contribution is 5.27. The minimum Gasteiger partial charge on any atom is -0.370 e. The molecule has 2 heterocycles. The van der Waals surface area contributed by atoms with E-state index in [-0.39, 0.29) is 0 Å². The molecule has 0 amide bonds. The van der Waals surface area contributed by atoms with E-state index in [4.69, 9.17) is 4.74 Å². The third-order valence-corrected chi connectivity index (χ3v) is 2.12. The highest BCUT2D eigenvalue weighted by atomic mass is 16.5. The lowest BCUT2D eigenvalue weighted by Crippen LogP contribution is -2.11. The van der Waals surface area contributed by atoms with Gasteiger partial charge in [-0.15, -0.1) is 0 Å². The van der Waals surface area contributed by atoms with E-state index in [2.05, 4.69) is 15.3 Å². The highest BCUT2D eigenvalue weighted by Gasteiger charge is 2.17. The van der Waals surface area contributed by atoms with Crippen molar-refractivity contribution in [3.8, 4) is 0 Å². The van der Waals surface area contributed by atoms with Gasteiger partial charge in [-0.2, -0.15) is 0 Å². The number of hydrogen-bond acceptors (Lipinski definition) is 4. The van der Waals surface area contributed by atoms with E-state index in [0.717, 1.165) is 23.8 Å². The van der Waals surface area contributed by atoms with Crippen molar-refractivity contribution in [3.63, 3.8) is 0 Å². The van der Waals surface area contributed by atoms with Gasteiger partial charge in [0.25, 0.3) is 0 Å². The van der Waals surface area contributed by atoms with Gasteiger partial charge in [0.2, 0.25) is 0 Å². The van der Waals surface area contributed by atoms with Crippen LogP contribution in [0.1, 0.15) is 22.8 Å². The predicted molar refractivity (Wildman–Crippen MR) is 48.0 cm³/mol. The van der Waals surface area contributed by atoms with Crippen molar-refractivity contribution in [2.24, 2.45) is 0 Å². The first kappa shape index (κ1) is 8.59. The van der Waals surface area contributed by atoms with E-state index in [0.29, 0.717) is 13.2 Å². The molecule has 0 radical (unpaired) electrons. The van der Waals surface area contributed by atoms with Crippen LogP contribution in [0.3, 0.4) is 0 Å². The van der Waals surface area contributed by atoms with Crippen LogP contribution in [0.5, 0.6) is 0 Å². The first-order chi connectivity index (χ1) is 6.31. The van der Waals surface area contributed by atoms with E-state index in [1.165, 1.54) is 5.56 Å². The fourth-order valence-corrected chi connectivity index (χ4v) is 1.57. The molecular weight excluding hydrogens is 166 g/mol. The molecule has 0 atom stereocenters. The smallest absolute Gasteiger partial charge is 0.125 e. The van der Waals surface area contributed by atoms with Crippen LogP contribution >= 0.6 is 0 Å². The molecule has 0 saturated heterocycles. The van der Waals surface area contributed by atoms with Crippen molar-refractivity contribution >= 4 is 0 Å². The van der Waals surface area contributed by atoms with Gasteiger partial charge in [-0.3, -0.25) is 0 Å². The zero-order valence-electron chi connectivity index (χ0n) is 7.92. The van der Waals surface area contributed by atoms with Crippen LogP contribution in [0.2, 0.25) is 0 Å². The third kappa shape index (κ3) is 1.55. The fourth-order valence-electron chi connectivity index (χ4n) is 1.57. The highest BCUT2D eigenvalue weighted by Crippen LogP contribution is 2.20. The largest absolute Gasteiger partial charge is 0.370 e. The number of rotatable bonds is 2. The molecule has 0 spiro atoms. The maximum absolute atomic E-state index is 5.33. The number of nitrogens with zero attached hydrogens (tertiary/aromatic N) is 2. The van der Waals surface area contributed by atoms with Crippen molar-refractivity contribution in [1.29, 1.82) is 0 Å². The van der Waals surface area contributed by atoms with Gasteiger partial charge in [0.1, 0.15) is 5.82 Å². The molecule has 13 heavy (non-hydrogen) atoms. The lowest BCUT2D eigenvalue weighted by Gasteiger charge is -2.05. The normalized spacial score (nSPS) is 14.6. The van der Waals surface area contributed by atoms with E-state index in [1.807, 2.05) is 14.0 Å². The summed E-state index contributed by atoms with van der Waals surface area (Å²) in [6, 6.07) is 0. The molecule has 0 aromatic carbocycles. The molecule has 1 aliphatic rings. The van der Waals surface area contributed by atoms with Crippen molar-refractivity contribution in [2.75, 3.05) is 7.05 Å². The van der Waals surface area contributed by atoms with Crippen LogP contribution in [0, 0.1) is 6.92 Å². The molecule has 0 fully saturated rings. The summed E-state index contributed by atoms with van der Waals surface area (Å²) in [5, 5.41) is 3.10. The Morgan fingerprint density at radius 2 is 2.23 bits per heavy atom. The Hall–Kier alpha value is -1.00. The molecule has 4 heteroatoms. The van der Waals surface area contributed by atoms with Crippen LogP contribution < -0.4 is 5.32 Å². The zero-order chi connectivity index (χ0) is 9.26. The number of hydrogen-bond donors (Lipinski definition) is 1. The summed E-state index contributed by atoms with van der Waals surface area (Å²) in [5.74, 6) is 0.828. The van der Waals surface area contributed by atoms with Gasteiger partial charge in [-0.05, 0) is 14.0 Å². The monoisotopic (exact) mass is 179 g/mol. The summed E-state index contributed by atoms with van der Waals surface area (Å²) in [6.07, 6.45) is 0. The summed E-state index contributed by atoms with van der Waals surface area (Å²) >= 11 is 0. The number of nitrogens with one attached hydrogen (secondary N) is 1. The maximum atomic E-state index is 5.33. The molecule has 0 saturated carbocycles. The van der Waals surface area contributed by atoms with Gasteiger partial charge in [0, 0.05) is 12.1 Å². The van der Waals surface area contributed by atoms with E-state index >= 15 is 0 Å². The average molecular weight is 179 g/mol. The molecule has 0 aliphatic carbocycles. The number of aryl methyl sites for hydroxylation is 1. The van der Waals surface area contributed by atoms with Crippen molar-refractivity contribution in [3.05, 3.63) is 22.8 Å². The molecule has 1 aliphatic heterocycles. The van der Waals surface area contributed by atoms with Crippen LogP contribution in [0.25, 0.3) is 0 Å². The van der Waals surface area contributed by atoms with Gasteiger partial charge in [0.05, 0.1) is 24.6 Å². The molecule has 1 N–H and O–H groups in total. The van der Waals surface area contributed by atoms with E-state index in [1.54, 1.807) is 0 Å². The summed E-state index contributed by atoms with van der Waals surface area (Å²) in [4.78, 5) is 8.71. The Bertz CT molecular complexity index is 325. The maximum Gasteiger partial charge on any atom is 0.125 e. The second kappa shape index (κ2) is 3.40. The molecular formula is C9H13N3O. The molecule has 0 unspecified atom stereocenters. The minimum atomic E-state index is 0.634. The first-order valence-electron chi connectivity index (χ1n) is 4.39. The van der Waals surface area contributed by atoms with Crippen molar-refractivity contribution in [2.45, 2.75) is 26.7 Å². The van der Waals surface area contributed by atoms with Gasteiger partial charge >= 0.3 is 0 Å². The van der Waals surface area contributed by atoms with Gasteiger partial charge in [-0.25, -0.2) is 9.97 Å². The Labute approximate surface area is 77.4 Å². The molecule has 1 aromatic rings. The predicted octanol–water partition coefficient (Wildman–Crippen LogP) is 0.535. The Balaban J connectivity index is 2.43. The Morgan fingerprint density at radius 3 is 3.00 bits per heavy atom. The molecule has 2 rings (SSSR count). The third-order valence-electron chi connectivity index (χ3n) is 2.12. The molecule has 70 valence electrons. The van der Waals surface area contributed by atoms with Gasteiger partial charge in [-0.1, -0.05) is 0 Å². The lowest BCUT2D eigenvalue weighted by molar-refractivity contribution is 0.132. The summed E-state index contributed by atoms with van der Waals surface area (Å²) < 4.78 is 5.33. The molecule has 4 nitrogen and oxygen atoms in total. The number of aromatic nitrogens is 2. The minimum absolute atomic E-state index is 0.634. The summed E-state index contributed by atoms with van der Waals surface area (Å²) in [6.45, 7) is 3.99. The number of ether oxygens (including phenoxy) is 1. The summed E-state index contributed by atoms with van der Waals surface area (Å²) in [5.41, 5.74) is 3.29. The Kier molecular flexibility index (Phi) is 2.24. The van der Waals surface area contributed by atoms with E-state index in [9.17, 15) is 0 Å². The summed E-state index contributed by atoms with van der Waals surface area (Å²) in [7, 11) is 1.92. The van der Waals surface area contributed by atoms with Gasteiger partial charge in [0.15, 0.2) is 0 Å². The van der Waals surface area contributed by atoms with Crippen molar-refractivity contribution in [1.82, 2.24) is 15.3 Å². The van der Waals surface area contributed by atoms with Crippen LogP contribution in [0.4, 0.5) is 0 Å². The first-order valence-corrected chi connectivity index (χ1v) is 4.39. The quantitative estimate of drug-likeness (QED) is 0.719. The van der Waals surface area contributed by atoms with Crippen LogP contribution in [-0.4, -0.2) is 17.0 Å². The lowest BCUT2D eigenvalue weighted by atomic mass is 10.2. The standard InChI is InChI=1S/C9H13N3O/c1-6-11-8(3-10-2)7-4-13-5-9(7)12-6/h10H,3-5H2,1-2H3. The SMILES string of the molecule is CNCc1nc(C)nc2c1COC2. The molecule has 1 aromatic heterocycles. The zero-order valence-corrected chi connectivity index (χ0v) is 7.92. The average Bonchev–Trinajstić information content (AvgIpc) is 2.52. The van der Waals surface area contributed by atoms with E-state index < -0.39 is 0 Å². The number of fused-ring (bicyclic) bond motifs is 1.